The summed E-state index contributed by atoms with van der Waals surface area (Å²) in [5.41, 5.74) is 2.82. The zero-order chi connectivity index (χ0) is 21.4. The predicted octanol–water partition coefficient (Wildman–Crippen LogP) is 2.21. The summed E-state index contributed by atoms with van der Waals surface area (Å²) in [5, 5.41) is 10.6. The van der Waals surface area contributed by atoms with Gasteiger partial charge in [-0.15, -0.1) is 10.2 Å². The summed E-state index contributed by atoms with van der Waals surface area (Å²) in [5.74, 6) is 0.297. The van der Waals surface area contributed by atoms with E-state index >= 15 is 0 Å². The minimum atomic E-state index is -3.48. The van der Waals surface area contributed by atoms with Gasteiger partial charge in [-0.05, 0) is 24.6 Å². The highest BCUT2D eigenvalue weighted by Gasteiger charge is 2.13. The molecule has 0 aliphatic heterocycles. The molecule has 0 spiro atoms. The number of hydrogen-bond donors (Lipinski definition) is 2. The number of aryl methyl sites for hydroxylation is 2. The van der Waals surface area contributed by atoms with Gasteiger partial charge >= 0.3 is 0 Å². The van der Waals surface area contributed by atoms with Crippen molar-refractivity contribution in [1.29, 1.82) is 0 Å². The van der Waals surface area contributed by atoms with E-state index in [9.17, 15) is 13.2 Å². The molecule has 0 radical (unpaired) electrons. The van der Waals surface area contributed by atoms with Crippen molar-refractivity contribution in [2.45, 2.75) is 26.3 Å². The molecule has 1 amide bonds. The van der Waals surface area contributed by atoms with Crippen LogP contribution >= 0.6 is 0 Å². The lowest BCUT2D eigenvalue weighted by Gasteiger charge is -2.08. The number of benzene rings is 2. The maximum Gasteiger partial charge on any atom is 0.247 e. The average Bonchev–Trinajstić information content (AvgIpc) is 3.21. The summed E-state index contributed by atoms with van der Waals surface area (Å²) in [4.78, 5) is 12.0. The van der Waals surface area contributed by atoms with Crippen LogP contribution < -0.4 is 10.0 Å². The fraction of sp³-hybridized carbons (Fsp3) is 0.286. The van der Waals surface area contributed by atoms with Crippen molar-refractivity contribution in [3.63, 3.8) is 0 Å². The lowest BCUT2D eigenvalue weighted by Crippen LogP contribution is -2.34. The zero-order valence-electron chi connectivity index (χ0n) is 16.7. The third-order valence-electron chi connectivity index (χ3n) is 4.36. The van der Waals surface area contributed by atoms with Gasteiger partial charge in [0, 0.05) is 31.5 Å². The number of amides is 1. The van der Waals surface area contributed by atoms with Crippen molar-refractivity contribution in [2.24, 2.45) is 0 Å². The molecule has 0 aliphatic rings. The van der Waals surface area contributed by atoms with Crippen molar-refractivity contribution in [3.8, 4) is 11.5 Å². The number of rotatable bonds is 10. The van der Waals surface area contributed by atoms with Crippen LogP contribution in [0.3, 0.4) is 0 Å². The number of sulfonamides is 1. The van der Waals surface area contributed by atoms with Gasteiger partial charge in [0.15, 0.2) is 0 Å². The van der Waals surface area contributed by atoms with Gasteiger partial charge in [0.25, 0.3) is 0 Å². The van der Waals surface area contributed by atoms with Crippen LogP contribution in [0.25, 0.3) is 11.5 Å². The van der Waals surface area contributed by atoms with E-state index in [4.69, 9.17) is 4.42 Å². The van der Waals surface area contributed by atoms with Gasteiger partial charge in [0.05, 0.1) is 5.75 Å². The molecule has 0 aliphatic carbocycles. The fourth-order valence-corrected chi connectivity index (χ4v) is 3.56. The topological polar surface area (TPSA) is 114 Å². The van der Waals surface area contributed by atoms with Gasteiger partial charge in [0.2, 0.25) is 27.7 Å². The van der Waals surface area contributed by atoms with Crippen LogP contribution in [0.15, 0.2) is 59.0 Å². The zero-order valence-corrected chi connectivity index (χ0v) is 17.5. The van der Waals surface area contributed by atoms with Crippen LogP contribution in [0, 0.1) is 6.92 Å². The Labute approximate surface area is 175 Å². The lowest BCUT2D eigenvalue weighted by atomic mass is 10.1. The molecule has 0 fully saturated rings. The Hall–Kier alpha value is -3.04. The maximum atomic E-state index is 12.0. The van der Waals surface area contributed by atoms with Crippen molar-refractivity contribution in [2.75, 3.05) is 12.3 Å². The molecule has 8 nitrogen and oxygen atoms in total. The smallest absolute Gasteiger partial charge is 0.247 e. The molecule has 0 unspecified atom stereocenters. The minimum Gasteiger partial charge on any atom is -0.421 e. The molecule has 2 aromatic carbocycles. The second-order valence-electron chi connectivity index (χ2n) is 6.84. The van der Waals surface area contributed by atoms with Crippen LogP contribution in [0.4, 0.5) is 0 Å². The highest BCUT2D eigenvalue weighted by atomic mass is 32.2. The first-order valence-electron chi connectivity index (χ1n) is 9.59. The number of hydrogen-bond acceptors (Lipinski definition) is 6. The minimum absolute atomic E-state index is 0.0292. The molecule has 3 aromatic rings. The van der Waals surface area contributed by atoms with Crippen LogP contribution in [0.1, 0.15) is 23.4 Å². The largest absolute Gasteiger partial charge is 0.421 e. The Bertz CT molecular complexity index is 1060. The fourth-order valence-electron chi connectivity index (χ4n) is 2.66. The van der Waals surface area contributed by atoms with E-state index in [1.165, 1.54) is 0 Å². The van der Waals surface area contributed by atoms with E-state index in [2.05, 4.69) is 20.2 Å². The van der Waals surface area contributed by atoms with E-state index in [0.29, 0.717) is 11.8 Å². The molecular weight excluding hydrogens is 404 g/mol. The van der Waals surface area contributed by atoms with Gasteiger partial charge in [-0.1, -0.05) is 48.0 Å². The van der Waals surface area contributed by atoms with Gasteiger partial charge in [-0.2, -0.15) is 0 Å². The van der Waals surface area contributed by atoms with Crippen LogP contribution in [-0.2, 0) is 27.8 Å². The predicted molar refractivity (Wildman–Crippen MR) is 113 cm³/mol. The molecule has 0 saturated carbocycles. The van der Waals surface area contributed by atoms with Crippen LogP contribution in [0.5, 0.6) is 0 Å². The second-order valence-corrected chi connectivity index (χ2v) is 8.77. The Balaban J connectivity index is 1.38. The molecule has 0 atom stereocenters. The molecule has 3 rings (SSSR count). The summed E-state index contributed by atoms with van der Waals surface area (Å²) in [7, 11) is -3.48. The first kappa shape index (κ1) is 21.7. The molecule has 9 heteroatoms. The highest BCUT2D eigenvalue weighted by Crippen LogP contribution is 2.18. The molecule has 1 aromatic heterocycles. The quantitative estimate of drug-likeness (QED) is 0.512. The van der Waals surface area contributed by atoms with Gasteiger partial charge in [0.1, 0.15) is 0 Å². The Morgan fingerprint density at radius 2 is 1.77 bits per heavy atom. The number of nitrogens with zero attached hydrogens (tertiary/aromatic N) is 2. The summed E-state index contributed by atoms with van der Waals surface area (Å²) < 4.78 is 32.2. The third kappa shape index (κ3) is 6.78. The molecule has 158 valence electrons. The monoisotopic (exact) mass is 428 g/mol. The molecule has 0 saturated heterocycles. The van der Waals surface area contributed by atoms with Gasteiger partial charge < -0.3 is 9.73 Å². The van der Waals surface area contributed by atoms with Crippen LogP contribution in [-0.4, -0.2) is 36.8 Å². The average molecular weight is 429 g/mol. The lowest BCUT2D eigenvalue weighted by molar-refractivity contribution is -0.121. The van der Waals surface area contributed by atoms with Gasteiger partial charge in [-0.25, -0.2) is 13.1 Å². The van der Waals surface area contributed by atoms with Gasteiger partial charge in [-0.3, -0.25) is 4.79 Å². The van der Waals surface area contributed by atoms with E-state index in [1.54, 1.807) is 0 Å². The van der Waals surface area contributed by atoms with Crippen molar-refractivity contribution >= 4 is 15.9 Å². The number of carbonyl (C=O) groups excluding carboxylic acids is 1. The second kappa shape index (κ2) is 10.1. The molecule has 2 N–H and O–H groups in total. The summed E-state index contributed by atoms with van der Waals surface area (Å²) in [6.07, 6.45) is 0.413. The van der Waals surface area contributed by atoms with Crippen LogP contribution in [0.2, 0.25) is 0 Å². The van der Waals surface area contributed by atoms with E-state index in [0.717, 1.165) is 16.7 Å². The van der Waals surface area contributed by atoms with Crippen molar-refractivity contribution in [1.82, 2.24) is 20.2 Å². The molecule has 0 bridgehead atoms. The number of aromatic nitrogens is 2. The normalized spacial score (nSPS) is 11.4. The summed E-state index contributed by atoms with van der Waals surface area (Å²) in [6, 6.07) is 16.9. The Kier molecular flexibility index (Phi) is 7.31. The number of carbonyl (C=O) groups is 1. The van der Waals surface area contributed by atoms with E-state index < -0.39 is 10.0 Å². The third-order valence-corrected chi connectivity index (χ3v) is 5.69. The SMILES string of the molecule is Cc1ccc(-c2nnc(CCC(=O)NCCS(=O)(=O)NCc3ccccc3)o2)cc1. The highest BCUT2D eigenvalue weighted by molar-refractivity contribution is 7.89. The molecular formula is C21H24N4O4S. The first-order valence-corrected chi connectivity index (χ1v) is 11.2. The van der Waals surface area contributed by atoms with Crippen molar-refractivity contribution in [3.05, 3.63) is 71.6 Å². The Morgan fingerprint density at radius 3 is 2.50 bits per heavy atom. The standard InChI is InChI=1S/C21H24N4O4S/c1-16-7-9-18(10-8-16)21-25-24-20(29-21)12-11-19(26)22-13-14-30(27,28)23-15-17-5-3-2-4-6-17/h2-10,23H,11-15H2,1H3,(H,22,26). The van der Waals surface area contributed by atoms with E-state index in [1.807, 2.05) is 61.5 Å². The molecule has 30 heavy (non-hydrogen) atoms. The maximum absolute atomic E-state index is 12.0. The van der Waals surface area contributed by atoms with E-state index in [-0.39, 0.29) is 37.6 Å². The molecule has 1 heterocycles. The summed E-state index contributed by atoms with van der Waals surface area (Å²) >= 11 is 0. The first-order chi connectivity index (χ1) is 14.4. The Morgan fingerprint density at radius 1 is 1.03 bits per heavy atom. The summed E-state index contributed by atoms with van der Waals surface area (Å²) in [6.45, 7) is 2.24. The van der Waals surface area contributed by atoms with Crippen molar-refractivity contribution < 1.29 is 17.6 Å². The number of nitrogens with one attached hydrogen (secondary N) is 2.